The number of benzene rings is 3. The second-order valence-electron chi connectivity index (χ2n) is 7.21. The van der Waals surface area contributed by atoms with E-state index in [1.165, 1.54) is 36.4 Å². The molecule has 0 bridgehead atoms. The lowest BCUT2D eigenvalue weighted by Crippen LogP contribution is -2.12. The zero-order valence-electron chi connectivity index (χ0n) is 17.2. The molecule has 0 aliphatic heterocycles. The van der Waals surface area contributed by atoms with E-state index in [1.54, 1.807) is 12.1 Å². The molecule has 2 N–H and O–H groups in total. The third kappa shape index (κ3) is 3.95. The number of methoxy groups -OCH3 is 1. The minimum Gasteiger partial charge on any atom is -0.490 e. The number of ether oxygens (including phenoxy) is 1. The summed E-state index contributed by atoms with van der Waals surface area (Å²) in [7, 11) is 1.34. The number of nitro groups is 1. The molecule has 0 aliphatic carbocycles. The molecule has 0 radical (unpaired) electrons. The number of aromatic nitrogens is 2. The minimum absolute atomic E-state index is 0.0992. The van der Waals surface area contributed by atoms with Gasteiger partial charge in [0.2, 0.25) is 0 Å². The Kier molecular flexibility index (Phi) is 5.12. The van der Waals surface area contributed by atoms with Gasteiger partial charge in [0.25, 0.3) is 5.91 Å². The van der Waals surface area contributed by atoms with Gasteiger partial charge in [-0.25, -0.2) is 4.98 Å². The second kappa shape index (κ2) is 7.91. The maximum absolute atomic E-state index is 12.5. The van der Waals surface area contributed by atoms with Crippen molar-refractivity contribution in [3.8, 4) is 17.1 Å². The predicted octanol–water partition coefficient (Wildman–Crippen LogP) is 5.02. The molecule has 0 unspecified atom stereocenters. The fourth-order valence-corrected chi connectivity index (χ4v) is 3.29. The van der Waals surface area contributed by atoms with Crippen molar-refractivity contribution in [3.05, 3.63) is 81.4 Å². The Morgan fingerprint density at radius 2 is 1.77 bits per heavy atom. The Hall–Kier alpha value is -4.20. The van der Waals surface area contributed by atoms with Crippen LogP contribution < -0.4 is 10.1 Å². The van der Waals surface area contributed by atoms with Crippen molar-refractivity contribution in [2.45, 2.75) is 13.8 Å². The summed E-state index contributed by atoms with van der Waals surface area (Å²) in [6.07, 6.45) is 0. The number of fused-ring (bicyclic) bond motifs is 1. The Labute approximate surface area is 178 Å². The van der Waals surface area contributed by atoms with Crippen LogP contribution in [0.3, 0.4) is 0 Å². The molecule has 156 valence electrons. The lowest BCUT2D eigenvalue weighted by atomic mass is 10.1. The van der Waals surface area contributed by atoms with E-state index in [-0.39, 0.29) is 17.0 Å². The summed E-state index contributed by atoms with van der Waals surface area (Å²) in [5.74, 6) is 0.388. The number of aromatic amines is 1. The number of amides is 1. The third-order valence-corrected chi connectivity index (χ3v) is 5.15. The van der Waals surface area contributed by atoms with Crippen molar-refractivity contribution in [1.82, 2.24) is 9.97 Å². The molecule has 0 spiro atoms. The Morgan fingerprint density at radius 3 is 2.45 bits per heavy atom. The molecule has 1 aromatic heterocycles. The van der Waals surface area contributed by atoms with Gasteiger partial charge in [-0.1, -0.05) is 0 Å². The van der Waals surface area contributed by atoms with Crippen LogP contribution >= 0.6 is 0 Å². The Morgan fingerprint density at radius 1 is 1.06 bits per heavy atom. The van der Waals surface area contributed by atoms with Crippen LogP contribution in [0.1, 0.15) is 21.5 Å². The first-order valence-corrected chi connectivity index (χ1v) is 9.57. The van der Waals surface area contributed by atoms with E-state index < -0.39 is 10.8 Å². The number of carbonyl (C=O) groups excluding carboxylic acids is 1. The number of H-pyrrole nitrogens is 1. The van der Waals surface area contributed by atoms with Gasteiger partial charge in [0.15, 0.2) is 5.75 Å². The number of rotatable bonds is 5. The number of nitrogens with one attached hydrogen (secondary N) is 2. The van der Waals surface area contributed by atoms with E-state index in [2.05, 4.69) is 35.2 Å². The monoisotopic (exact) mass is 416 g/mol. The average molecular weight is 416 g/mol. The lowest BCUT2D eigenvalue weighted by Gasteiger charge is -2.07. The molecule has 0 atom stereocenters. The van der Waals surface area contributed by atoms with Gasteiger partial charge in [0.05, 0.1) is 23.1 Å². The fraction of sp³-hybridized carbons (Fsp3) is 0.130. The second-order valence-corrected chi connectivity index (χ2v) is 7.21. The zero-order chi connectivity index (χ0) is 22.1. The average Bonchev–Trinajstić information content (AvgIpc) is 3.16. The molecular weight excluding hydrogens is 396 g/mol. The van der Waals surface area contributed by atoms with Crippen molar-refractivity contribution in [3.63, 3.8) is 0 Å². The summed E-state index contributed by atoms with van der Waals surface area (Å²) in [6.45, 7) is 4.11. The largest absolute Gasteiger partial charge is 0.490 e. The van der Waals surface area contributed by atoms with Crippen LogP contribution in [0, 0.1) is 24.0 Å². The van der Waals surface area contributed by atoms with Crippen LogP contribution in [0.4, 0.5) is 11.4 Å². The molecule has 4 aromatic rings. The molecule has 0 aliphatic rings. The first kappa shape index (κ1) is 20.1. The highest BCUT2D eigenvalue weighted by atomic mass is 16.6. The number of hydrogen-bond acceptors (Lipinski definition) is 5. The van der Waals surface area contributed by atoms with Gasteiger partial charge < -0.3 is 15.0 Å². The summed E-state index contributed by atoms with van der Waals surface area (Å²) in [4.78, 5) is 31.1. The van der Waals surface area contributed by atoms with Crippen molar-refractivity contribution < 1.29 is 14.5 Å². The number of carbonyl (C=O) groups is 1. The molecular formula is C23H20N4O4. The van der Waals surface area contributed by atoms with Crippen LogP contribution in [-0.4, -0.2) is 27.9 Å². The topological polar surface area (TPSA) is 110 Å². The maximum Gasteiger partial charge on any atom is 0.311 e. The number of aryl methyl sites for hydroxylation is 2. The number of imidazole rings is 1. The maximum atomic E-state index is 12.5. The van der Waals surface area contributed by atoms with Gasteiger partial charge in [0.1, 0.15) is 5.82 Å². The summed E-state index contributed by atoms with van der Waals surface area (Å²) in [5, 5.41) is 13.9. The van der Waals surface area contributed by atoms with E-state index in [4.69, 9.17) is 4.74 Å². The van der Waals surface area contributed by atoms with Crippen LogP contribution in [0.2, 0.25) is 0 Å². The van der Waals surface area contributed by atoms with E-state index in [0.717, 1.165) is 22.4 Å². The van der Waals surface area contributed by atoms with Crippen LogP contribution in [0.5, 0.6) is 5.75 Å². The fourth-order valence-electron chi connectivity index (χ4n) is 3.29. The van der Waals surface area contributed by atoms with E-state index in [9.17, 15) is 14.9 Å². The van der Waals surface area contributed by atoms with Gasteiger partial charge in [-0.2, -0.15) is 0 Å². The molecule has 0 saturated carbocycles. The quantitative estimate of drug-likeness (QED) is 0.351. The van der Waals surface area contributed by atoms with Crippen LogP contribution in [0.25, 0.3) is 22.4 Å². The van der Waals surface area contributed by atoms with Crippen molar-refractivity contribution in [2.75, 3.05) is 12.4 Å². The Bertz CT molecular complexity index is 1270. The normalized spacial score (nSPS) is 10.8. The van der Waals surface area contributed by atoms with Gasteiger partial charge in [-0.15, -0.1) is 0 Å². The highest BCUT2D eigenvalue weighted by Crippen LogP contribution is 2.28. The van der Waals surface area contributed by atoms with Gasteiger partial charge >= 0.3 is 5.69 Å². The summed E-state index contributed by atoms with van der Waals surface area (Å²) < 4.78 is 4.97. The lowest BCUT2D eigenvalue weighted by molar-refractivity contribution is -0.385. The number of nitrogens with zero attached hydrogens (tertiary/aromatic N) is 2. The molecule has 1 heterocycles. The summed E-state index contributed by atoms with van der Waals surface area (Å²) in [6, 6.07) is 15.4. The Balaban J connectivity index is 1.54. The van der Waals surface area contributed by atoms with Crippen molar-refractivity contribution >= 4 is 28.3 Å². The highest BCUT2D eigenvalue weighted by Gasteiger charge is 2.18. The summed E-state index contributed by atoms with van der Waals surface area (Å²) >= 11 is 0. The molecule has 3 aromatic carbocycles. The molecule has 8 heteroatoms. The predicted molar refractivity (Wildman–Crippen MR) is 119 cm³/mol. The number of anilines is 1. The number of nitro benzene ring substituents is 1. The standard InChI is InChI=1S/C23H20N4O4/c1-13-10-18-19(11-14(13)2)26-22(25-18)15-4-7-17(8-5-15)24-23(28)16-6-9-21(31-3)20(12-16)27(29)30/h4-12H,1-3H3,(H,24,28)(H,25,26). The molecule has 0 saturated heterocycles. The molecule has 8 nitrogen and oxygen atoms in total. The van der Waals surface area contributed by atoms with Gasteiger partial charge in [-0.3, -0.25) is 14.9 Å². The SMILES string of the molecule is COc1ccc(C(=O)Nc2ccc(-c3nc4cc(C)c(C)cc4[nH]3)cc2)cc1[N+](=O)[O-]. The summed E-state index contributed by atoms with van der Waals surface area (Å²) in [5.41, 5.74) is 5.59. The minimum atomic E-state index is -0.583. The van der Waals surface area contributed by atoms with E-state index >= 15 is 0 Å². The van der Waals surface area contributed by atoms with Crippen molar-refractivity contribution in [2.24, 2.45) is 0 Å². The highest BCUT2D eigenvalue weighted by molar-refractivity contribution is 6.05. The van der Waals surface area contributed by atoms with E-state index in [1.807, 2.05) is 18.2 Å². The first-order valence-electron chi connectivity index (χ1n) is 9.57. The molecule has 1 amide bonds. The smallest absolute Gasteiger partial charge is 0.311 e. The first-order chi connectivity index (χ1) is 14.9. The molecule has 0 fully saturated rings. The molecule has 31 heavy (non-hydrogen) atoms. The van der Waals surface area contributed by atoms with E-state index in [0.29, 0.717) is 5.69 Å². The third-order valence-electron chi connectivity index (χ3n) is 5.15. The van der Waals surface area contributed by atoms with Crippen LogP contribution in [0.15, 0.2) is 54.6 Å². The van der Waals surface area contributed by atoms with Crippen molar-refractivity contribution in [1.29, 1.82) is 0 Å². The number of hydrogen-bond donors (Lipinski definition) is 2. The van der Waals surface area contributed by atoms with Gasteiger partial charge in [0, 0.05) is 22.9 Å². The van der Waals surface area contributed by atoms with Gasteiger partial charge in [-0.05, 0) is 73.5 Å². The van der Waals surface area contributed by atoms with Crippen LogP contribution in [-0.2, 0) is 0 Å². The zero-order valence-corrected chi connectivity index (χ0v) is 17.2. The molecule has 4 rings (SSSR count).